The fraction of sp³-hybridized carbons (Fsp3) is 0.545. The average molecular weight is 433 g/mol. The Hall–Kier alpha value is -2.19. The van der Waals surface area contributed by atoms with Crippen LogP contribution in [0.2, 0.25) is 0 Å². The molecule has 1 aliphatic rings. The van der Waals surface area contributed by atoms with E-state index in [9.17, 15) is 0 Å². The van der Waals surface area contributed by atoms with E-state index < -0.39 is 0 Å². The van der Waals surface area contributed by atoms with Crippen LogP contribution in [-0.2, 0) is 13.0 Å². The van der Waals surface area contributed by atoms with E-state index in [4.69, 9.17) is 11.6 Å². The van der Waals surface area contributed by atoms with Crippen molar-refractivity contribution in [2.24, 2.45) is 22.6 Å². The fourth-order valence-corrected chi connectivity index (χ4v) is 5.10. The summed E-state index contributed by atoms with van der Waals surface area (Å²) in [7, 11) is 0. The number of aromatic nitrogens is 1. The second-order valence-corrected chi connectivity index (χ2v) is 10.0. The highest BCUT2D eigenvalue weighted by molar-refractivity contribution is 7.11. The second-order valence-electron chi connectivity index (χ2n) is 8.72. The highest BCUT2D eigenvalue weighted by Crippen LogP contribution is 2.31. The number of hydrogen-bond acceptors (Lipinski definition) is 6. The van der Waals surface area contributed by atoms with E-state index in [1.54, 1.807) is 17.4 Å². The lowest BCUT2D eigenvalue weighted by molar-refractivity contribution is 0.123. The summed E-state index contributed by atoms with van der Waals surface area (Å²) in [6, 6.07) is 4.16. The molecule has 0 bridgehead atoms. The molecule has 1 aromatic heterocycles. The number of thiazole rings is 1. The van der Waals surface area contributed by atoms with Gasteiger partial charge < -0.3 is 16.5 Å². The van der Waals surface area contributed by atoms with Crippen molar-refractivity contribution < 1.29 is 4.39 Å². The number of nitrogens with zero attached hydrogens (tertiary/aromatic N) is 4. The number of halogens is 1. The largest absolute Gasteiger partial charge is 0.382 e. The van der Waals surface area contributed by atoms with E-state index in [0.29, 0.717) is 11.5 Å². The smallest absolute Gasteiger partial charge is 0.155 e. The summed E-state index contributed by atoms with van der Waals surface area (Å²) < 4.78 is 15.1. The van der Waals surface area contributed by atoms with Crippen LogP contribution in [0, 0.1) is 18.7 Å². The molecule has 0 saturated carbocycles. The minimum atomic E-state index is -0.365. The van der Waals surface area contributed by atoms with Crippen LogP contribution in [-0.4, -0.2) is 40.9 Å². The Bertz CT molecular complexity index is 897. The van der Waals surface area contributed by atoms with Crippen LogP contribution in [0.4, 0.5) is 10.1 Å². The van der Waals surface area contributed by atoms with E-state index in [1.165, 1.54) is 4.88 Å². The van der Waals surface area contributed by atoms with Crippen LogP contribution in [0.15, 0.2) is 23.4 Å². The molecule has 1 saturated heterocycles. The summed E-state index contributed by atoms with van der Waals surface area (Å²) in [5, 5.41) is 4.72. The van der Waals surface area contributed by atoms with Gasteiger partial charge in [0.05, 0.1) is 17.8 Å². The first-order chi connectivity index (χ1) is 14.2. The molecule has 3 rings (SSSR count). The topological polar surface area (TPSA) is 83.8 Å². The maximum absolute atomic E-state index is 15.1. The first-order valence-corrected chi connectivity index (χ1v) is 11.3. The molecule has 6 nitrogen and oxygen atoms in total. The lowest BCUT2D eigenvalue weighted by Gasteiger charge is -2.45. The van der Waals surface area contributed by atoms with Crippen LogP contribution in [0.25, 0.3) is 0 Å². The molecule has 0 spiro atoms. The standard InChI is InChI=1S/C22H33FN6S/c1-13(2)6-17-7-18(23)21(22(24)27-25)19(8-17)28-10-14(3)29(15(4)11-28)12-20-26-9-16(5)30-20/h7-9,13-15H,6,10-12,25H2,1-5H3,(H2,24,27). The number of amidine groups is 1. The quantitative estimate of drug-likeness (QED) is 0.316. The highest BCUT2D eigenvalue weighted by atomic mass is 32.1. The minimum absolute atomic E-state index is 0.0274. The SMILES string of the molecule is Cc1cnc(CN2C(C)CN(c3cc(CC(C)C)cc(F)c3/C(N)=N/N)CC2C)s1. The van der Waals surface area contributed by atoms with Gasteiger partial charge in [0.15, 0.2) is 5.84 Å². The van der Waals surface area contributed by atoms with Crippen LogP contribution >= 0.6 is 11.3 Å². The van der Waals surface area contributed by atoms with Gasteiger partial charge in [0.2, 0.25) is 0 Å². The van der Waals surface area contributed by atoms with E-state index in [-0.39, 0.29) is 23.7 Å². The van der Waals surface area contributed by atoms with Gasteiger partial charge >= 0.3 is 0 Å². The zero-order valence-electron chi connectivity index (χ0n) is 18.5. The maximum atomic E-state index is 15.1. The van der Waals surface area contributed by atoms with Gasteiger partial charge in [-0.15, -0.1) is 11.3 Å². The van der Waals surface area contributed by atoms with Crippen molar-refractivity contribution in [3.05, 3.63) is 45.2 Å². The lowest BCUT2D eigenvalue weighted by Crippen LogP contribution is -2.56. The van der Waals surface area contributed by atoms with Crippen molar-refractivity contribution in [1.29, 1.82) is 0 Å². The monoisotopic (exact) mass is 432 g/mol. The Kier molecular flexibility index (Phi) is 6.98. The molecule has 2 atom stereocenters. The number of rotatable bonds is 6. The van der Waals surface area contributed by atoms with Gasteiger partial charge in [-0.1, -0.05) is 13.8 Å². The third-order valence-electron chi connectivity index (χ3n) is 5.60. The zero-order chi connectivity index (χ0) is 22.0. The Morgan fingerprint density at radius 3 is 2.50 bits per heavy atom. The average Bonchev–Trinajstić information content (AvgIpc) is 3.08. The van der Waals surface area contributed by atoms with Crippen molar-refractivity contribution in [3.63, 3.8) is 0 Å². The van der Waals surface area contributed by atoms with Gasteiger partial charge in [0, 0.05) is 36.2 Å². The molecule has 0 aliphatic carbocycles. The molecule has 0 radical (unpaired) electrons. The number of anilines is 1. The van der Waals surface area contributed by atoms with Gasteiger partial charge in [-0.3, -0.25) is 4.90 Å². The number of piperazine rings is 1. The molecule has 1 aromatic carbocycles. The highest BCUT2D eigenvalue weighted by Gasteiger charge is 2.32. The molecule has 164 valence electrons. The van der Waals surface area contributed by atoms with E-state index >= 15 is 4.39 Å². The first kappa shape index (κ1) is 22.5. The Balaban J connectivity index is 1.90. The van der Waals surface area contributed by atoms with Crippen molar-refractivity contribution in [2.45, 2.75) is 59.7 Å². The summed E-state index contributed by atoms with van der Waals surface area (Å²) in [5.41, 5.74) is 8.04. The predicted molar refractivity (Wildman–Crippen MR) is 123 cm³/mol. The van der Waals surface area contributed by atoms with Crippen molar-refractivity contribution in [1.82, 2.24) is 9.88 Å². The first-order valence-electron chi connectivity index (χ1n) is 10.5. The van der Waals surface area contributed by atoms with Gasteiger partial charge in [-0.2, -0.15) is 5.10 Å². The van der Waals surface area contributed by atoms with Gasteiger partial charge in [-0.05, 0) is 50.8 Å². The summed E-state index contributed by atoms with van der Waals surface area (Å²) in [6.07, 6.45) is 2.73. The number of hydrazone groups is 1. The lowest BCUT2D eigenvalue weighted by atomic mass is 9.97. The summed E-state index contributed by atoms with van der Waals surface area (Å²) in [4.78, 5) is 10.4. The minimum Gasteiger partial charge on any atom is -0.382 e. The summed E-state index contributed by atoms with van der Waals surface area (Å²) >= 11 is 1.74. The molecule has 2 unspecified atom stereocenters. The molecule has 4 N–H and O–H groups in total. The van der Waals surface area contributed by atoms with Gasteiger partial charge in [0.1, 0.15) is 10.8 Å². The van der Waals surface area contributed by atoms with Crippen molar-refractivity contribution in [2.75, 3.05) is 18.0 Å². The molecule has 8 heteroatoms. The Morgan fingerprint density at radius 2 is 1.97 bits per heavy atom. The summed E-state index contributed by atoms with van der Waals surface area (Å²) in [6.45, 7) is 13.1. The Labute approximate surface area is 182 Å². The van der Waals surface area contributed by atoms with Crippen LogP contribution in [0.5, 0.6) is 0 Å². The molecule has 2 aromatic rings. The predicted octanol–water partition coefficient (Wildman–Crippen LogP) is 3.47. The van der Waals surface area contributed by atoms with Crippen molar-refractivity contribution >= 4 is 22.9 Å². The molecular weight excluding hydrogens is 399 g/mol. The van der Waals surface area contributed by atoms with Gasteiger partial charge in [-0.25, -0.2) is 9.37 Å². The van der Waals surface area contributed by atoms with E-state index in [1.807, 2.05) is 6.20 Å². The maximum Gasteiger partial charge on any atom is 0.155 e. The normalized spacial score (nSPS) is 20.9. The van der Waals surface area contributed by atoms with Crippen molar-refractivity contribution in [3.8, 4) is 0 Å². The molecule has 1 fully saturated rings. The number of benzene rings is 1. The van der Waals surface area contributed by atoms with Crippen LogP contribution in [0.3, 0.4) is 0 Å². The third-order valence-corrected chi connectivity index (χ3v) is 6.50. The molecular formula is C22H33FN6S. The zero-order valence-corrected chi connectivity index (χ0v) is 19.3. The van der Waals surface area contributed by atoms with E-state index in [2.05, 4.69) is 60.6 Å². The molecule has 1 aliphatic heterocycles. The van der Waals surface area contributed by atoms with E-state index in [0.717, 1.165) is 42.3 Å². The molecule has 0 amide bonds. The molecule has 30 heavy (non-hydrogen) atoms. The third kappa shape index (κ3) is 4.92. The molecule has 2 heterocycles. The van der Waals surface area contributed by atoms with Gasteiger partial charge in [0.25, 0.3) is 0 Å². The van der Waals surface area contributed by atoms with Crippen LogP contribution < -0.4 is 16.5 Å². The van der Waals surface area contributed by atoms with Crippen LogP contribution in [0.1, 0.15) is 48.7 Å². The fourth-order valence-electron chi connectivity index (χ4n) is 4.30. The second kappa shape index (κ2) is 9.31. The Morgan fingerprint density at radius 1 is 1.30 bits per heavy atom. The summed E-state index contributed by atoms with van der Waals surface area (Å²) in [5.74, 6) is 5.51. The number of aryl methyl sites for hydroxylation is 1. The number of nitrogens with two attached hydrogens (primary N) is 2. The number of hydrogen-bond donors (Lipinski definition) is 2.